The van der Waals surface area contributed by atoms with Gasteiger partial charge in [0.05, 0.1) is 13.7 Å². The molecule has 0 amide bonds. The Hall–Kier alpha value is -1.43. The summed E-state index contributed by atoms with van der Waals surface area (Å²) >= 11 is 0. The quantitative estimate of drug-likeness (QED) is 0.581. The number of epoxide rings is 1. The number of esters is 1. The first-order valence-electron chi connectivity index (χ1n) is 8.04. The Kier molecular flexibility index (Phi) is 3.44. The zero-order valence-corrected chi connectivity index (χ0v) is 12.6. The standard InChI is InChI=1S/C17H21NO4/c1-18-13-7-11(8-14(18)16-15(13)22-16)21-17(20)12(9-19)10-5-3-2-4-6-10/h2-6,11-16,19H,7-9H2,1H3/p+1/t11?,12-,13-,14+,15+,16-/m0/s1. The number of hydrogen-bond donors (Lipinski definition) is 2. The number of carbonyl (C=O) groups is 1. The summed E-state index contributed by atoms with van der Waals surface area (Å²) in [5, 5.41) is 9.56. The second-order valence-corrected chi connectivity index (χ2v) is 6.70. The third-order valence-electron chi connectivity index (χ3n) is 5.51. The number of nitrogens with one attached hydrogen (secondary N) is 1. The molecule has 1 aromatic rings. The number of hydrogen-bond acceptors (Lipinski definition) is 4. The molecule has 3 saturated heterocycles. The van der Waals surface area contributed by atoms with Crippen LogP contribution in [0.3, 0.4) is 0 Å². The molecule has 118 valence electrons. The van der Waals surface area contributed by atoms with Crippen LogP contribution in [0.25, 0.3) is 0 Å². The van der Waals surface area contributed by atoms with E-state index in [1.807, 2.05) is 30.3 Å². The van der Waals surface area contributed by atoms with E-state index < -0.39 is 5.92 Å². The lowest BCUT2D eigenvalue weighted by molar-refractivity contribution is -0.930. The Morgan fingerprint density at radius 2 is 1.95 bits per heavy atom. The second-order valence-electron chi connectivity index (χ2n) is 6.70. The molecule has 0 saturated carbocycles. The van der Waals surface area contributed by atoms with Gasteiger partial charge in [0.2, 0.25) is 0 Å². The molecule has 7 atom stereocenters. The molecule has 5 heteroatoms. The minimum atomic E-state index is -0.586. The summed E-state index contributed by atoms with van der Waals surface area (Å²) in [6.07, 6.45) is 2.43. The lowest BCUT2D eigenvalue weighted by Gasteiger charge is -2.35. The molecule has 22 heavy (non-hydrogen) atoms. The Balaban J connectivity index is 1.42. The van der Waals surface area contributed by atoms with Gasteiger partial charge in [-0.15, -0.1) is 0 Å². The van der Waals surface area contributed by atoms with Crippen molar-refractivity contribution in [3.8, 4) is 0 Å². The van der Waals surface area contributed by atoms with Gasteiger partial charge in [-0.25, -0.2) is 0 Å². The van der Waals surface area contributed by atoms with Gasteiger partial charge >= 0.3 is 5.97 Å². The molecule has 2 N–H and O–H groups in total. The van der Waals surface area contributed by atoms with Gasteiger partial charge in [0.25, 0.3) is 0 Å². The summed E-state index contributed by atoms with van der Waals surface area (Å²) in [6, 6.07) is 10.2. The van der Waals surface area contributed by atoms with Gasteiger partial charge < -0.3 is 19.5 Å². The second kappa shape index (κ2) is 5.33. The van der Waals surface area contributed by atoms with E-state index in [-0.39, 0.29) is 18.7 Å². The van der Waals surface area contributed by atoms with Gasteiger partial charge in [-0.05, 0) is 5.56 Å². The fraction of sp³-hybridized carbons (Fsp3) is 0.588. The smallest absolute Gasteiger partial charge is 0.316 e. The number of morpholine rings is 1. The summed E-state index contributed by atoms with van der Waals surface area (Å²) in [7, 11) is 2.21. The van der Waals surface area contributed by atoms with Crippen LogP contribution in [0.5, 0.6) is 0 Å². The molecule has 3 aliphatic rings. The molecular formula is C17H22NO4+. The van der Waals surface area contributed by atoms with E-state index in [1.54, 1.807) is 0 Å². The van der Waals surface area contributed by atoms with E-state index in [0.717, 1.165) is 18.4 Å². The normalized spacial score (nSPS) is 39.9. The molecule has 3 fully saturated rings. The number of aliphatic hydroxyl groups is 1. The highest BCUT2D eigenvalue weighted by Gasteiger charge is 2.66. The van der Waals surface area contributed by atoms with Gasteiger partial charge in [0.1, 0.15) is 36.3 Å². The molecule has 5 nitrogen and oxygen atoms in total. The molecule has 1 aromatic carbocycles. The van der Waals surface area contributed by atoms with Crippen LogP contribution in [0.1, 0.15) is 24.3 Å². The van der Waals surface area contributed by atoms with Crippen LogP contribution in [0, 0.1) is 0 Å². The molecule has 4 rings (SSSR count). The molecule has 3 aliphatic heterocycles. The molecule has 0 spiro atoms. The first-order chi connectivity index (χ1) is 10.7. The number of fused-ring (bicyclic) bond motifs is 5. The zero-order valence-electron chi connectivity index (χ0n) is 12.6. The van der Waals surface area contributed by atoms with Gasteiger partial charge in [0, 0.05) is 12.8 Å². The van der Waals surface area contributed by atoms with Crippen molar-refractivity contribution in [3.05, 3.63) is 35.9 Å². The topological polar surface area (TPSA) is 63.5 Å². The molecule has 0 aromatic heterocycles. The van der Waals surface area contributed by atoms with E-state index in [9.17, 15) is 9.90 Å². The lowest BCUT2D eigenvalue weighted by atomic mass is 9.97. The van der Waals surface area contributed by atoms with Crippen LogP contribution in [-0.2, 0) is 14.3 Å². The van der Waals surface area contributed by atoms with Crippen molar-refractivity contribution in [1.29, 1.82) is 0 Å². The average Bonchev–Trinajstić information content (AvgIpc) is 3.27. The van der Waals surface area contributed by atoms with Crippen LogP contribution in [0.15, 0.2) is 30.3 Å². The first-order valence-corrected chi connectivity index (χ1v) is 8.04. The Morgan fingerprint density at radius 3 is 2.55 bits per heavy atom. The number of rotatable bonds is 4. The minimum Gasteiger partial charge on any atom is -0.461 e. The lowest BCUT2D eigenvalue weighted by Crippen LogP contribution is -3.17. The fourth-order valence-electron chi connectivity index (χ4n) is 4.22. The zero-order chi connectivity index (χ0) is 15.3. The molecule has 0 aliphatic carbocycles. The van der Waals surface area contributed by atoms with Gasteiger partial charge in [-0.2, -0.15) is 0 Å². The molecule has 2 bridgehead atoms. The highest BCUT2D eigenvalue weighted by molar-refractivity contribution is 5.78. The van der Waals surface area contributed by atoms with Crippen LogP contribution in [-0.4, -0.2) is 55.1 Å². The summed E-state index contributed by atoms with van der Waals surface area (Å²) in [4.78, 5) is 14.0. The number of likely N-dealkylation sites (N-methyl/N-ethyl adjacent to an activating group) is 1. The van der Waals surface area contributed by atoms with Crippen molar-refractivity contribution < 1.29 is 24.3 Å². The maximum absolute atomic E-state index is 12.4. The number of piperidine rings is 1. The van der Waals surface area contributed by atoms with Crippen LogP contribution < -0.4 is 4.90 Å². The van der Waals surface area contributed by atoms with E-state index in [1.165, 1.54) is 4.90 Å². The first kappa shape index (κ1) is 14.2. The Morgan fingerprint density at radius 1 is 1.32 bits per heavy atom. The van der Waals surface area contributed by atoms with Crippen LogP contribution >= 0.6 is 0 Å². The average molecular weight is 304 g/mol. The summed E-state index contributed by atoms with van der Waals surface area (Å²) in [6.45, 7) is -0.220. The number of carbonyl (C=O) groups excluding carboxylic acids is 1. The summed E-state index contributed by atoms with van der Waals surface area (Å²) < 4.78 is 11.4. The predicted octanol–water partition coefficient (Wildman–Crippen LogP) is -0.499. The minimum absolute atomic E-state index is 0.0413. The van der Waals surface area contributed by atoms with Crippen molar-refractivity contribution in [3.63, 3.8) is 0 Å². The van der Waals surface area contributed by atoms with Crippen LogP contribution in [0.2, 0.25) is 0 Å². The summed E-state index contributed by atoms with van der Waals surface area (Å²) in [5.74, 6) is -0.899. The molecule has 3 heterocycles. The van der Waals surface area contributed by atoms with Crippen molar-refractivity contribution in [1.82, 2.24) is 0 Å². The van der Waals surface area contributed by atoms with Crippen molar-refractivity contribution in [2.45, 2.75) is 49.2 Å². The van der Waals surface area contributed by atoms with E-state index in [0.29, 0.717) is 24.3 Å². The highest BCUT2D eigenvalue weighted by atomic mass is 16.6. The monoisotopic (exact) mass is 304 g/mol. The predicted molar refractivity (Wildman–Crippen MR) is 78.5 cm³/mol. The highest BCUT2D eigenvalue weighted by Crippen LogP contribution is 2.39. The number of quaternary nitrogens is 1. The van der Waals surface area contributed by atoms with Gasteiger partial charge in [0.15, 0.2) is 0 Å². The maximum Gasteiger partial charge on any atom is 0.316 e. The number of aliphatic hydroxyl groups excluding tert-OH is 1. The maximum atomic E-state index is 12.4. The van der Waals surface area contributed by atoms with Gasteiger partial charge in [-0.1, -0.05) is 30.3 Å². The molecular weight excluding hydrogens is 282 g/mol. The third kappa shape index (κ3) is 2.24. The van der Waals surface area contributed by atoms with E-state index >= 15 is 0 Å². The number of ether oxygens (including phenoxy) is 2. The van der Waals surface area contributed by atoms with E-state index in [2.05, 4.69) is 7.05 Å². The van der Waals surface area contributed by atoms with Crippen molar-refractivity contribution >= 4 is 5.97 Å². The number of benzene rings is 1. The van der Waals surface area contributed by atoms with Gasteiger partial charge in [-0.3, -0.25) is 4.79 Å². The fourth-order valence-corrected chi connectivity index (χ4v) is 4.22. The Bertz CT molecular complexity index is 545. The van der Waals surface area contributed by atoms with Crippen molar-refractivity contribution in [2.24, 2.45) is 0 Å². The molecule has 2 unspecified atom stereocenters. The van der Waals surface area contributed by atoms with Crippen molar-refractivity contribution in [2.75, 3.05) is 13.7 Å². The largest absolute Gasteiger partial charge is 0.461 e. The summed E-state index contributed by atoms with van der Waals surface area (Å²) in [5.41, 5.74) is 0.808. The Labute approximate surface area is 129 Å². The third-order valence-corrected chi connectivity index (χ3v) is 5.51. The molecule has 0 radical (unpaired) electrons. The van der Waals surface area contributed by atoms with Crippen LogP contribution in [0.4, 0.5) is 0 Å². The SMILES string of the molecule is C[NH+]1[C@@H]2CC(OC(=O)[C@@H](CO)c3ccccc3)C[C@H]1[C@H]1O[C@H]12. The van der Waals surface area contributed by atoms with E-state index in [4.69, 9.17) is 9.47 Å².